The summed E-state index contributed by atoms with van der Waals surface area (Å²) in [6.07, 6.45) is 0.337. The fraction of sp³-hybridized carbons (Fsp3) is 0.583. The fourth-order valence-electron chi connectivity index (χ4n) is 2.37. The Labute approximate surface area is 114 Å². The van der Waals surface area contributed by atoms with E-state index in [-0.39, 0.29) is 17.8 Å². The lowest BCUT2D eigenvalue weighted by atomic mass is 10.2. The first-order valence-electron chi connectivity index (χ1n) is 6.31. The molecule has 2 aromatic rings. The highest BCUT2D eigenvalue weighted by Crippen LogP contribution is 2.24. The molecule has 102 valence electrons. The van der Waals surface area contributed by atoms with Crippen molar-refractivity contribution in [3.63, 3.8) is 0 Å². The van der Waals surface area contributed by atoms with Gasteiger partial charge in [0.05, 0.1) is 12.2 Å². The zero-order valence-corrected chi connectivity index (χ0v) is 12.0. The summed E-state index contributed by atoms with van der Waals surface area (Å²) in [6.45, 7) is 7.49. The molecule has 0 radical (unpaired) electrons. The van der Waals surface area contributed by atoms with Crippen LogP contribution in [0.4, 0.5) is 5.13 Å². The van der Waals surface area contributed by atoms with E-state index in [9.17, 15) is 4.79 Å². The topological polar surface area (TPSA) is 59.7 Å². The van der Waals surface area contributed by atoms with Crippen molar-refractivity contribution < 1.29 is 4.74 Å². The number of hydrogen-bond donors (Lipinski definition) is 0. The Morgan fingerprint density at radius 2 is 2.05 bits per heavy atom. The molecule has 0 aliphatic carbocycles. The van der Waals surface area contributed by atoms with Crippen LogP contribution >= 0.6 is 11.3 Å². The molecule has 1 aliphatic rings. The number of morpholine rings is 1. The second-order valence-electron chi connectivity index (χ2n) is 4.98. The van der Waals surface area contributed by atoms with Crippen molar-refractivity contribution in [3.05, 3.63) is 22.1 Å². The Bertz CT molecular complexity index is 655. The molecule has 19 heavy (non-hydrogen) atoms. The van der Waals surface area contributed by atoms with Crippen LogP contribution in [0, 0.1) is 6.92 Å². The number of nitrogens with zero attached hydrogens (tertiary/aromatic N) is 4. The number of anilines is 1. The van der Waals surface area contributed by atoms with Crippen molar-refractivity contribution in [2.24, 2.45) is 0 Å². The van der Waals surface area contributed by atoms with Crippen molar-refractivity contribution in [2.45, 2.75) is 33.0 Å². The summed E-state index contributed by atoms with van der Waals surface area (Å²) >= 11 is 1.45. The molecule has 1 fully saturated rings. The summed E-state index contributed by atoms with van der Waals surface area (Å²) in [5, 5.41) is 5.21. The Balaban J connectivity index is 2.01. The molecule has 2 atom stereocenters. The van der Waals surface area contributed by atoms with Gasteiger partial charge >= 0.3 is 0 Å². The standard InChI is InChI=1S/C12H16N4O2S/c1-7-4-10(17)16-11(13-7)19-12(14-16)15-5-8(2)18-9(3)6-15/h4,8-9H,5-6H2,1-3H3/t8-,9-/m1/s1. The lowest BCUT2D eigenvalue weighted by molar-refractivity contribution is -0.00527. The summed E-state index contributed by atoms with van der Waals surface area (Å²) in [6, 6.07) is 1.50. The van der Waals surface area contributed by atoms with Gasteiger partial charge in [0.2, 0.25) is 10.1 Å². The monoisotopic (exact) mass is 280 g/mol. The third-order valence-corrected chi connectivity index (χ3v) is 4.02. The highest BCUT2D eigenvalue weighted by atomic mass is 32.1. The predicted molar refractivity (Wildman–Crippen MR) is 74.1 cm³/mol. The molecule has 6 nitrogen and oxygen atoms in total. The molecule has 0 N–H and O–H groups in total. The maximum Gasteiger partial charge on any atom is 0.275 e. The largest absolute Gasteiger partial charge is 0.372 e. The number of aromatic nitrogens is 3. The van der Waals surface area contributed by atoms with Crippen LogP contribution < -0.4 is 10.5 Å². The van der Waals surface area contributed by atoms with E-state index in [2.05, 4.69) is 15.0 Å². The second-order valence-corrected chi connectivity index (χ2v) is 5.91. The minimum absolute atomic E-state index is 0.126. The van der Waals surface area contributed by atoms with Gasteiger partial charge in [0, 0.05) is 24.8 Å². The van der Waals surface area contributed by atoms with E-state index in [1.165, 1.54) is 21.9 Å². The molecule has 1 aliphatic heterocycles. The molecule has 0 amide bonds. The van der Waals surface area contributed by atoms with Crippen LogP contribution in [0.15, 0.2) is 10.9 Å². The van der Waals surface area contributed by atoms with Gasteiger partial charge in [-0.05, 0) is 20.8 Å². The first-order valence-corrected chi connectivity index (χ1v) is 7.12. The van der Waals surface area contributed by atoms with Crippen molar-refractivity contribution in [2.75, 3.05) is 18.0 Å². The van der Waals surface area contributed by atoms with E-state index in [1.54, 1.807) is 0 Å². The Morgan fingerprint density at radius 1 is 1.37 bits per heavy atom. The maximum absolute atomic E-state index is 11.8. The van der Waals surface area contributed by atoms with Crippen molar-refractivity contribution in [1.82, 2.24) is 14.6 Å². The molecule has 3 heterocycles. The average Bonchev–Trinajstić information content (AvgIpc) is 2.71. The molecule has 1 saturated heterocycles. The van der Waals surface area contributed by atoms with Gasteiger partial charge in [-0.2, -0.15) is 4.52 Å². The van der Waals surface area contributed by atoms with E-state index >= 15 is 0 Å². The van der Waals surface area contributed by atoms with Crippen molar-refractivity contribution in [1.29, 1.82) is 0 Å². The predicted octanol–water partition coefficient (Wildman–Crippen LogP) is 1.07. The first-order chi connectivity index (χ1) is 9.02. The average molecular weight is 280 g/mol. The SMILES string of the molecule is Cc1cc(=O)n2nc(N3C[C@@H](C)O[C@H](C)C3)sc2n1. The third-order valence-electron chi connectivity index (χ3n) is 3.05. The van der Waals surface area contributed by atoms with Crippen LogP contribution in [0.1, 0.15) is 19.5 Å². The van der Waals surface area contributed by atoms with Gasteiger partial charge in [-0.25, -0.2) is 4.98 Å². The quantitative estimate of drug-likeness (QED) is 0.782. The highest BCUT2D eigenvalue weighted by Gasteiger charge is 2.25. The number of aryl methyl sites for hydroxylation is 1. The summed E-state index contributed by atoms with van der Waals surface area (Å²) in [7, 11) is 0. The lowest BCUT2D eigenvalue weighted by Gasteiger charge is -2.34. The maximum atomic E-state index is 11.8. The van der Waals surface area contributed by atoms with Gasteiger partial charge in [0.25, 0.3) is 5.56 Å². The van der Waals surface area contributed by atoms with Crippen LogP contribution in [0.25, 0.3) is 4.96 Å². The number of hydrogen-bond acceptors (Lipinski definition) is 6. The van der Waals surface area contributed by atoms with Gasteiger partial charge in [-0.15, -0.1) is 5.10 Å². The molecule has 2 aromatic heterocycles. The van der Waals surface area contributed by atoms with Crippen LogP contribution in [0.5, 0.6) is 0 Å². The van der Waals surface area contributed by atoms with Crippen LogP contribution in [-0.4, -0.2) is 39.9 Å². The van der Waals surface area contributed by atoms with Crippen LogP contribution in [0.2, 0.25) is 0 Å². The lowest BCUT2D eigenvalue weighted by Crippen LogP contribution is -2.45. The van der Waals surface area contributed by atoms with Crippen molar-refractivity contribution >= 4 is 21.4 Å². The van der Waals surface area contributed by atoms with Crippen LogP contribution in [-0.2, 0) is 4.74 Å². The van der Waals surface area contributed by atoms with E-state index < -0.39 is 0 Å². The van der Waals surface area contributed by atoms with Crippen LogP contribution in [0.3, 0.4) is 0 Å². The minimum Gasteiger partial charge on any atom is -0.372 e. The number of rotatable bonds is 1. The molecule has 0 spiro atoms. The van der Waals surface area contributed by atoms with Gasteiger partial charge in [0.15, 0.2) is 0 Å². The van der Waals surface area contributed by atoms with Gasteiger partial charge in [-0.3, -0.25) is 4.79 Å². The van der Waals surface area contributed by atoms with E-state index in [4.69, 9.17) is 4.74 Å². The summed E-state index contributed by atoms with van der Waals surface area (Å²) < 4.78 is 7.08. The molecular formula is C12H16N4O2S. The van der Waals surface area contributed by atoms with E-state index in [1.807, 2.05) is 20.8 Å². The Hall–Kier alpha value is -1.47. The fourth-order valence-corrected chi connectivity index (χ4v) is 3.34. The van der Waals surface area contributed by atoms with E-state index in [0.29, 0.717) is 4.96 Å². The molecule has 0 saturated carbocycles. The zero-order valence-electron chi connectivity index (χ0n) is 11.2. The van der Waals surface area contributed by atoms with Crippen molar-refractivity contribution in [3.8, 4) is 0 Å². The summed E-state index contributed by atoms with van der Waals surface area (Å²) in [4.78, 5) is 19.0. The molecular weight excluding hydrogens is 264 g/mol. The van der Waals surface area contributed by atoms with E-state index in [0.717, 1.165) is 23.9 Å². The molecule has 0 unspecified atom stereocenters. The first kappa shape index (κ1) is 12.6. The van der Waals surface area contributed by atoms with Gasteiger partial charge in [0.1, 0.15) is 0 Å². The molecule has 0 bridgehead atoms. The van der Waals surface area contributed by atoms with Gasteiger partial charge in [-0.1, -0.05) is 11.3 Å². The Morgan fingerprint density at radius 3 is 2.74 bits per heavy atom. The number of fused-ring (bicyclic) bond motifs is 1. The van der Waals surface area contributed by atoms with Gasteiger partial charge < -0.3 is 9.64 Å². The molecule has 3 rings (SSSR count). The molecule has 0 aromatic carbocycles. The second kappa shape index (κ2) is 4.57. The smallest absolute Gasteiger partial charge is 0.275 e. The Kier molecular flexibility index (Phi) is 3.02. The molecule has 7 heteroatoms. The number of ether oxygens (including phenoxy) is 1. The normalized spacial score (nSPS) is 24.1. The highest BCUT2D eigenvalue weighted by molar-refractivity contribution is 7.20. The zero-order chi connectivity index (χ0) is 13.6. The third kappa shape index (κ3) is 2.35. The minimum atomic E-state index is -0.126. The summed E-state index contributed by atoms with van der Waals surface area (Å²) in [5.74, 6) is 0. The summed E-state index contributed by atoms with van der Waals surface area (Å²) in [5.41, 5.74) is 0.600.